The molecule has 2 saturated heterocycles. The molecule has 1 atom stereocenters. The summed E-state index contributed by atoms with van der Waals surface area (Å²) in [6.45, 7) is 7.98. The van der Waals surface area contributed by atoms with Gasteiger partial charge in [-0.15, -0.1) is 0 Å². The average molecular weight is 320 g/mol. The number of hydrogen-bond acceptors (Lipinski definition) is 5. The Morgan fingerprint density at radius 1 is 1.22 bits per heavy atom. The third-order valence-electron chi connectivity index (χ3n) is 5.11. The highest BCUT2D eigenvalue weighted by molar-refractivity contribution is 5.84. The zero-order valence-electron chi connectivity index (χ0n) is 14.0. The molecule has 7 heteroatoms. The van der Waals surface area contributed by atoms with Gasteiger partial charge in [0, 0.05) is 39.0 Å². The number of aromatic nitrogens is 2. The van der Waals surface area contributed by atoms with Crippen molar-refractivity contribution in [1.82, 2.24) is 19.9 Å². The Hall–Kier alpha value is -1.92. The van der Waals surface area contributed by atoms with Gasteiger partial charge in [0.25, 0.3) is 0 Å². The van der Waals surface area contributed by atoms with Crippen molar-refractivity contribution in [3.63, 3.8) is 0 Å². The fourth-order valence-corrected chi connectivity index (χ4v) is 3.59. The topological polar surface area (TPSA) is 79.5 Å². The maximum Gasteiger partial charge on any atom is 0.230 e. The van der Waals surface area contributed by atoms with E-state index in [-0.39, 0.29) is 17.7 Å². The lowest BCUT2D eigenvalue weighted by Gasteiger charge is -2.36. The predicted molar refractivity (Wildman–Crippen MR) is 82.6 cm³/mol. The Morgan fingerprint density at radius 3 is 2.43 bits per heavy atom. The number of rotatable bonds is 2. The summed E-state index contributed by atoms with van der Waals surface area (Å²) in [6, 6.07) is 0. The minimum atomic E-state index is -0.445. The number of carbonyl (C=O) groups is 2. The molecule has 0 spiro atoms. The summed E-state index contributed by atoms with van der Waals surface area (Å²) in [5, 5.41) is 3.84. The molecule has 3 heterocycles. The minimum Gasteiger partial charge on any atom is -0.342 e. The van der Waals surface area contributed by atoms with Gasteiger partial charge >= 0.3 is 0 Å². The van der Waals surface area contributed by atoms with Crippen molar-refractivity contribution in [3.8, 4) is 0 Å². The van der Waals surface area contributed by atoms with Gasteiger partial charge in [0.1, 0.15) is 0 Å². The van der Waals surface area contributed by atoms with Gasteiger partial charge in [-0.25, -0.2) is 0 Å². The molecular weight excluding hydrogens is 296 g/mol. The van der Waals surface area contributed by atoms with Gasteiger partial charge < -0.3 is 14.3 Å². The van der Waals surface area contributed by atoms with E-state index in [1.165, 1.54) is 0 Å². The highest BCUT2D eigenvalue weighted by Crippen LogP contribution is 2.35. The summed E-state index contributed by atoms with van der Waals surface area (Å²) >= 11 is 0. The smallest absolute Gasteiger partial charge is 0.230 e. The second kappa shape index (κ2) is 5.94. The van der Waals surface area contributed by atoms with Gasteiger partial charge in [0.15, 0.2) is 5.82 Å². The number of piperidine rings is 1. The summed E-state index contributed by atoms with van der Waals surface area (Å²) < 4.78 is 5.25. The van der Waals surface area contributed by atoms with E-state index in [0.717, 1.165) is 19.3 Å². The van der Waals surface area contributed by atoms with E-state index >= 15 is 0 Å². The summed E-state index contributed by atoms with van der Waals surface area (Å²) in [5.41, 5.74) is -0.445. The van der Waals surface area contributed by atoms with E-state index in [4.69, 9.17) is 4.52 Å². The maximum absolute atomic E-state index is 12.9. The van der Waals surface area contributed by atoms with Crippen molar-refractivity contribution in [2.45, 2.75) is 46.0 Å². The van der Waals surface area contributed by atoms with Crippen LogP contribution in [0.1, 0.15) is 50.7 Å². The lowest BCUT2D eigenvalue weighted by molar-refractivity contribution is -0.142. The second-order valence-corrected chi connectivity index (χ2v) is 7.00. The molecule has 2 amide bonds. The largest absolute Gasteiger partial charge is 0.342 e. The Bertz CT molecular complexity index is 606. The Morgan fingerprint density at radius 2 is 1.91 bits per heavy atom. The molecule has 23 heavy (non-hydrogen) atoms. The molecule has 0 saturated carbocycles. The van der Waals surface area contributed by atoms with Crippen molar-refractivity contribution in [2.24, 2.45) is 5.41 Å². The van der Waals surface area contributed by atoms with Crippen LogP contribution in [0.4, 0.5) is 0 Å². The van der Waals surface area contributed by atoms with Gasteiger partial charge in [0.05, 0.1) is 5.41 Å². The van der Waals surface area contributed by atoms with Crippen LogP contribution in [0.2, 0.25) is 0 Å². The summed E-state index contributed by atoms with van der Waals surface area (Å²) in [7, 11) is 0. The van der Waals surface area contributed by atoms with E-state index in [1.54, 1.807) is 11.8 Å². The normalized spacial score (nSPS) is 25.9. The van der Waals surface area contributed by atoms with Gasteiger partial charge in [0.2, 0.25) is 17.7 Å². The molecule has 7 nitrogen and oxygen atoms in total. The first-order valence-electron chi connectivity index (χ1n) is 8.24. The first-order chi connectivity index (χ1) is 10.9. The molecule has 1 aromatic rings. The molecule has 2 aliphatic heterocycles. The fraction of sp³-hybridized carbons (Fsp3) is 0.750. The van der Waals surface area contributed by atoms with E-state index in [1.807, 2.05) is 18.7 Å². The van der Waals surface area contributed by atoms with Gasteiger partial charge in [-0.2, -0.15) is 4.98 Å². The van der Waals surface area contributed by atoms with Crippen LogP contribution in [0.5, 0.6) is 0 Å². The molecule has 3 rings (SSSR count). The monoisotopic (exact) mass is 320 g/mol. The zero-order chi connectivity index (χ0) is 16.6. The van der Waals surface area contributed by atoms with Gasteiger partial charge in [-0.3, -0.25) is 9.59 Å². The van der Waals surface area contributed by atoms with Crippen molar-refractivity contribution in [3.05, 3.63) is 11.7 Å². The van der Waals surface area contributed by atoms with E-state index in [0.29, 0.717) is 37.9 Å². The molecule has 0 aliphatic carbocycles. The quantitative estimate of drug-likeness (QED) is 0.821. The molecule has 1 unspecified atom stereocenters. The van der Waals surface area contributed by atoms with Crippen LogP contribution in [0.15, 0.2) is 4.52 Å². The highest BCUT2D eigenvalue weighted by atomic mass is 16.5. The number of hydrogen-bond donors (Lipinski definition) is 0. The standard InChI is InChI=1S/C16H24N4O3/c1-11-17-14(23-18-11)13-4-7-19(8-5-13)15(22)16(3)6-9-20(10-16)12(2)21/h13H,4-10H2,1-3H3. The van der Waals surface area contributed by atoms with Crippen molar-refractivity contribution in [1.29, 1.82) is 0 Å². The lowest BCUT2D eigenvalue weighted by Crippen LogP contribution is -2.47. The Kier molecular flexibility index (Phi) is 4.12. The van der Waals surface area contributed by atoms with Crippen LogP contribution in [0.3, 0.4) is 0 Å². The van der Waals surface area contributed by atoms with Crippen LogP contribution in [-0.4, -0.2) is 57.9 Å². The van der Waals surface area contributed by atoms with E-state index in [2.05, 4.69) is 10.1 Å². The highest BCUT2D eigenvalue weighted by Gasteiger charge is 2.44. The molecule has 1 aromatic heterocycles. The summed E-state index contributed by atoms with van der Waals surface area (Å²) in [6.07, 6.45) is 2.44. The number of aryl methyl sites for hydroxylation is 1. The number of amides is 2. The second-order valence-electron chi connectivity index (χ2n) is 7.00. The Balaban J connectivity index is 1.59. The van der Waals surface area contributed by atoms with E-state index < -0.39 is 5.41 Å². The Labute approximate surface area is 136 Å². The zero-order valence-corrected chi connectivity index (χ0v) is 14.0. The molecule has 0 radical (unpaired) electrons. The molecule has 0 aromatic carbocycles. The molecule has 2 fully saturated rings. The van der Waals surface area contributed by atoms with Crippen LogP contribution >= 0.6 is 0 Å². The molecule has 126 valence electrons. The lowest BCUT2D eigenvalue weighted by atomic mass is 9.86. The fourth-order valence-electron chi connectivity index (χ4n) is 3.59. The first-order valence-corrected chi connectivity index (χ1v) is 8.24. The van der Waals surface area contributed by atoms with Crippen LogP contribution in [0.25, 0.3) is 0 Å². The molecular formula is C16H24N4O3. The molecule has 0 bridgehead atoms. The summed E-state index contributed by atoms with van der Waals surface area (Å²) in [5.74, 6) is 1.80. The first kappa shape index (κ1) is 16.0. The molecule has 0 N–H and O–H groups in total. The maximum atomic E-state index is 12.9. The SMILES string of the molecule is CC(=O)N1CCC(C)(C(=O)N2CCC(c3nc(C)no3)CC2)C1. The van der Waals surface area contributed by atoms with E-state index in [9.17, 15) is 9.59 Å². The third kappa shape index (κ3) is 3.09. The van der Waals surface area contributed by atoms with Crippen LogP contribution < -0.4 is 0 Å². The third-order valence-corrected chi connectivity index (χ3v) is 5.11. The van der Waals surface area contributed by atoms with Gasteiger partial charge in [-0.05, 0) is 33.1 Å². The molecule has 2 aliphatic rings. The average Bonchev–Trinajstić information content (AvgIpc) is 3.14. The predicted octanol–water partition coefficient (Wildman–Crippen LogP) is 1.34. The number of nitrogens with zero attached hydrogens (tertiary/aromatic N) is 4. The van der Waals surface area contributed by atoms with Crippen molar-refractivity contribution < 1.29 is 14.1 Å². The van der Waals surface area contributed by atoms with Crippen LogP contribution in [0, 0.1) is 12.3 Å². The summed E-state index contributed by atoms with van der Waals surface area (Å²) in [4.78, 5) is 32.4. The van der Waals surface area contributed by atoms with Crippen LogP contribution in [-0.2, 0) is 9.59 Å². The number of likely N-dealkylation sites (tertiary alicyclic amines) is 2. The minimum absolute atomic E-state index is 0.0481. The van der Waals surface area contributed by atoms with Gasteiger partial charge in [-0.1, -0.05) is 5.16 Å². The number of carbonyl (C=O) groups excluding carboxylic acids is 2. The van der Waals surface area contributed by atoms with Crippen molar-refractivity contribution >= 4 is 11.8 Å². The van der Waals surface area contributed by atoms with Crippen molar-refractivity contribution in [2.75, 3.05) is 26.2 Å².